The molecule has 0 N–H and O–H groups in total. The summed E-state index contributed by atoms with van der Waals surface area (Å²) in [6.07, 6.45) is 8.54. The maximum absolute atomic E-state index is 7.48. The zero-order chi connectivity index (χ0) is 55.5. The highest BCUT2D eigenvalue weighted by Gasteiger charge is 2.37. The Morgan fingerprint density at radius 3 is 1.77 bits per heavy atom. The molecule has 83 heavy (non-hydrogen) atoms. The third-order valence-corrected chi connectivity index (χ3v) is 17.8. The molecule has 0 radical (unpaired) electrons. The molecule has 0 bridgehead atoms. The number of allylic oxidation sites excluding steroid dienone is 2. The Morgan fingerprint density at radius 1 is 0.422 bits per heavy atom. The molecular formula is C79H58N2O2. The molecule has 0 atom stereocenters. The number of fused-ring (bicyclic) bond motifs is 14. The van der Waals surface area contributed by atoms with Crippen LogP contribution in [0.5, 0.6) is 0 Å². The lowest BCUT2D eigenvalue weighted by molar-refractivity contribution is 0.657. The van der Waals surface area contributed by atoms with Crippen LogP contribution >= 0.6 is 0 Å². The normalized spacial score (nSPS) is 13.6. The Labute approximate surface area is 483 Å². The van der Waals surface area contributed by atoms with Gasteiger partial charge in [0.25, 0.3) is 0 Å². The highest BCUT2D eigenvalue weighted by Crippen LogP contribution is 2.57. The predicted molar refractivity (Wildman–Crippen MR) is 350 cm³/mol. The third kappa shape index (κ3) is 7.74. The number of hydrogen-bond donors (Lipinski definition) is 0. The molecule has 0 saturated carbocycles. The van der Waals surface area contributed by atoms with Gasteiger partial charge in [-0.25, -0.2) is 0 Å². The van der Waals surface area contributed by atoms with Gasteiger partial charge in [0.2, 0.25) is 0 Å². The van der Waals surface area contributed by atoms with Crippen molar-refractivity contribution in [2.45, 2.75) is 39.0 Å². The lowest BCUT2D eigenvalue weighted by Gasteiger charge is -2.32. The van der Waals surface area contributed by atoms with Gasteiger partial charge >= 0.3 is 0 Å². The molecule has 0 spiro atoms. The van der Waals surface area contributed by atoms with Crippen LogP contribution in [0.1, 0.15) is 50.3 Å². The van der Waals surface area contributed by atoms with E-state index in [4.69, 9.17) is 8.83 Å². The molecule has 0 saturated heterocycles. The van der Waals surface area contributed by atoms with Crippen LogP contribution in [0.4, 0.5) is 22.7 Å². The number of hydrogen-bond acceptors (Lipinski definition) is 4. The van der Waals surface area contributed by atoms with Gasteiger partial charge in [0.05, 0.1) is 5.69 Å². The monoisotopic (exact) mass is 1070 g/mol. The van der Waals surface area contributed by atoms with Gasteiger partial charge in [-0.2, -0.15) is 0 Å². The molecule has 3 heterocycles. The lowest BCUT2D eigenvalue weighted by atomic mass is 9.82. The number of nitrogens with zero attached hydrogens (tertiary/aromatic N) is 2. The maximum atomic E-state index is 7.48. The molecule has 2 aromatic heterocycles. The van der Waals surface area contributed by atoms with E-state index >= 15 is 0 Å². The lowest BCUT2D eigenvalue weighted by Crippen LogP contribution is -2.17. The van der Waals surface area contributed by atoms with Gasteiger partial charge in [-0.05, 0) is 151 Å². The number of benzene rings is 12. The van der Waals surface area contributed by atoms with Gasteiger partial charge < -0.3 is 18.6 Å². The second-order valence-corrected chi connectivity index (χ2v) is 23.3. The van der Waals surface area contributed by atoms with E-state index in [-0.39, 0.29) is 11.3 Å². The highest BCUT2D eigenvalue weighted by atomic mass is 16.3. The molecule has 4 nitrogen and oxygen atoms in total. The van der Waals surface area contributed by atoms with Gasteiger partial charge in [0.15, 0.2) is 0 Å². The van der Waals surface area contributed by atoms with E-state index < -0.39 is 0 Å². The Hall–Kier alpha value is -10.2. The van der Waals surface area contributed by atoms with Crippen LogP contribution in [0.25, 0.3) is 121 Å². The maximum Gasteiger partial charge on any atom is 0.143 e. The molecule has 14 aromatic rings. The van der Waals surface area contributed by atoms with Gasteiger partial charge in [0.1, 0.15) is 22.3 Å². The zero-order valence-electron chi connectivity index (χ0n) is 46.8. The summed E-state index contributed by atoms with van der Waals surface area (Å²) in [6.45, 7) is 10.1. The minimum atomic E-state index is -0.235. The summed E-state index contributed by atoms with van der Waals surface area (Å²) in [7, 11) is 0. The predicted octanol–water partition coefficient (Wildman–Crippen LogP) is 22.2. The standard InChI is InChI=1S/C79H58N2O2/c1-49(2)65-48-67-72(53-24-13-7-14-25-53)76(81(57-33-30-52(31-34-57)50-20-9-5-10-21-50)59-36-37-61-60-28-15-16-29-68(60)79(3,4)69(61)46-59)64-40-39-62-66-45-56(55-27-19-26-54(44-55)51-22-11-6-12-23-51)32-41-70(66)82-77(62)75(64)73(67)74-63-38-35-58(47-71(63)83-78(65)74)80-42-17-8-18-43-80/h5-42,44-49H,43H2,1-4H3. The van der Waals surface area contributed by atoms with Crippen molar-refractivity contribution in [2.75, 3.05) is 16.3 Å². The first-order valence-electron chi connectivity index (χ1n) is 29.0. The van der Waals surface area contributed by atoms with Gasteiger partial charge in [0, 0.05) is 84.6 Å². The average molecular weight is 1070 g/mol. The Morgan fingerprint density at radius 2 is 1.02 bits per heavy atom. The molecule has 0 amide bonds. The van der Waals surface area contributed by atoms with Crippen LogP contribution in [-0.4, -0.2) is 6.54 Å². The summed E-state index contributed by atoms with van der Waals surface area (Å²) < 4.78 is 14.8. The van der Waals surface area contributed by atoms with Crippen molar-refractivity contribution in [1.82, 2.24) is 0 Å². The Balaban J connectivity index is 1.05. The molecular weight excluding hydrogens is 1010 g/mol. The fourth-order valence-electron chi connectivity index (χ4n) is 13.7. The van der Waals surface area contributed by atoms with Crippen LogP contribution < -0.4 is 9.80 Å². The van der Waals surface area contributed by atoms with Crippen molar-refractivity contribution in [3.63, 3.8) is 0 Å². The largest absolute Gasteiger partial charge is 0.456 e. The second-order valence-electron chi connectivity index (χ2n) is 23.3. The summed E-state index contributed by atoms with van der Waals surface area (Å²) in [5, 5.41) is 8.67. The molecule has 4 heteroatoms. The van der Waals surface area contributed by atoms with E-state index in [2.05, 4.69) is 299 Å². The van der Waals surface area contributed by atoms with Crippen LogP contribution in [0.3, 0.4) is 0 Å². The quantitative estimate of drug-likeness (QED) is 0.135. The smallest absolute Gasteiger partial charge is 0.143 e. The van der Waals surface area contributed by atoms with Gasteiger partial charge in [-0.1, -0.05) is 204 Å². The van der Waals surface area contributed by atoms with Crippen molar-refractivity contribution < 1.29 is 8.83 Å². The van der Waals surface area contributed by atoms with E-state index in [1.807, 2.05) is 0 Å². The number of anilines is 4. The molecule has 16 rings (SSSR count). The van der Waals surface area contributed by atoms with Crippen LogP contribution in [0.15, 0.2) is 270 Å². The second kappa shape index (κ2) is 19.0. The van der Waals surface area contributed by atoms with Gasteiger partial charge in [-0.15, -0.1) is 0 Å². The molecule has 1 aliphatic carbocycles. The Kier molecular flexibility index (Phi) is 11.1. The van der Waals surface area contributed by atoms with Gasteiger partial charge in [-0.3, -0.25) is 0 Å². The fourth-order valence-corrected chi connectivity index (χ4v) is 13.7. The topological polar surface area (TPSA) is 32.8 Å². The number of rotatable bonds is 9. The van der Waals surface area contributed by atoms with Crippen LogP contribution in [0.2, 0.25) is 0 Å². The SMILES string of the molecule is CC(C)c1cc2c(-c3ccccc3)c(N(c3ccc(-c4ccccc4)cc3)c3ccc4c(c3)C(C)(C)c3ccccc3-4)c3ccc4c5cc(-c6cccc(-c7ccccc7)c6)ccc5oc4c3c2c2c1oc1cc(N3C=CC=CC3)ccc12. The van der Waals surface area contributed by atoms with Crippen molar-refractivity contribution in [1.29, 1.82) is 0 Å². The summed E-state index contributed by atoms with van der Waals surface area (Å²) in [4.78, 5) is 4.82. The first-order valence-corrected chi connectivity index (χ1v) is 29.0. The van der Waals surface area contributed by atoms with E-state index in [0.717, 1.165) is 128 Å². The summed E-state index contributed by atoms with van der Waals surface area (Å²) in [6, 6.07) is 87.2. The van der Waals surface area contributed by atoms with E-state index in [1.165, 1.54) is 38.9 Å². The van der Waals surface area contributed by atoms with E-state index in [1.54, 1.807) is 0 Å². The van der Waals surface area contributed by atoms with Crippen molar-refractivity contribution in [3.05, 3.63) is 278 Å². The molecule has 2 aliphatic rings. The van der Waals surface area contributed by atoms with E-state index in [0.29, 0.717) is 0 Å². The average Bonchev–Trinajstić information content (AvgIpc) is 3.09. The third-order valence-electron chi connectivity index (χ3n) is 17.8. The first-order chi connectivity index (χ1) is 40.7. The van der Waals surface area contributed by atoms with Crippen molar-refractivity contribution in [2.24, 2.45) is 0 Å². The Bertz CT molecular complexity index is 4980. The van der Waals surface area contributed by atoms with Crippen LogP contribution in [0, 0.1) is 0 Å². The molecule has 1 aliphatic heterocycles. The summed E-state index contributed by atoms with van der Waals surface area (Å²) in [5.41, 5.74) is 23.2. The van der Waals surface area contributed by atoms with E-state index in [9.17, 15) is 0 Å². The minimum Gasteiger partial charge on any atom is -0.456 e. The summed E-state index contributed by atoms with van der Waals surface area (Å²) >= 11 is 0. The molecule has 0 fully saturated rings. The first kappa shape index (κ1) is 48.7. The highest BCUT2D eigenvalue weighted by molar-refractivity contribution is 6.38. The zero-order valence-corrected chi connectivity index (χ0v) is 46.8. The van der Waals surface area contributed by atoms with Crippen LogP contribution in [-0.2, 0) is 5.41 Å². The fraction of sp³-hybridized carbons (Fsp3) is 0.0886. The molecule has 12 aromatic carbocycles. The summed E-state index contributed by atoms with van der Waals surface area (Å²) in [5.74, 6) is 0.128. The van der Waals surface area contributed by atoms with Crippen molar-refractivity contribution >= 4 is 88.2 Å². The molecule has 396 valence electrons. The number of furan rings is 2. The van der Waals surface area contributed by atoms with Crippen molar-refractivity contribution in [3.8, 4) is 55.6 Å². The molecule has 0 unspecified atom stereocenters. The minimum absolute atomic E-state index is 0.128.